The summed E-state index contributed by atoms with van der Waals surface area (Å²) >= 11 is 1.49. The van der Waals surface area contributed by atoms with Crippen LogP contribution in [0.3, 0.4) is 0 Å². The van der Waals surface area contributed by atoms with E-state index < -0.39 is 6.10 Å². The molecule has 0 bridgehead atoms. The first-order valence-electron chi connectivity index (χ1n) is 6.50. The zero-order valence-electron chi connectivity index (χ0n) is 11.8. The number of amides is 1. The normalized spacial score (nSPS) is 12.2. The Bertz CT molecular complexity index is 581. The Balaban J connectivity index is 2.13. The van der Waals surface area contributed by atoms with Crippen molar-refractivity contribution in [3.05, 3.63) is 46.5 Å². The minimum absolute atomic E-state index is 0.199. The Morgan fingerprint density at radius 2 is 2.10 bits per heavy atom. The molecular weight excluding hydrogens is 272 g/mol. The molecule has 0 aliphatic carbocycles. The van der Waals surface area contributed by atoms with Crippen molar-refractivity contribution in [2.45, 2.75) is 26.4 Å². The number of carbonyl (C=O) groups is 1. The molecule has 4 nitrogen and oxygen atoms in total. The minimum atomic E-state index is -0.620. The first kappa shape index (κ1) is 14.7. The molecule has 0 spiro atoms. The van der Waals surface area contributed by atoms with E-state index in [1.807, 2.05) is 37.3 Å². The average Bonchev–Trinajstić information content (AvgIpc) is 2.80. The van der Waals surface area contributed by atoms with Crippen molar-refractivity contribution in [2.24, 2.45) is 0 Å². The second-order valence-corrected chi connectivity index (χ2v) is 5.59. The summed E-state index contributed by atoms with van der Waals surface area (Å²) in [7, 11) is 1.53. The van der Waals surface area contributed by atoms with Gasteiger partial charge in [-0.25, -0.2) is 4.98 Å². The lowest BCUT2D eigenvalue weighted by molar-refractivity contribution is -0.126. The Kier molecular flexibility index (Phi) is 4.87. The topological polar surface area (TPSA) is 51.2 Å². The van der Waals surface area contributed by atoms with Crippen LogP contribution in [0.4, 0.5) is 5.13 Å². The number of anilines is 1. The smallest absolute Gasteiger partial charge is 0.259 e. The van der Waals surface area contributed by atoms with Crippen LogP contribution in [0.25, 0.3) is 0 Å². The van der Waals surface area contributed by atoms with Gasteiger partial charge in [0.05, 0.1) is 5.69 Å². The number of rotatable bonds is 5. The molecule has 0 aliphatic rings. The first-order chi connectivity index (χ1) is 9.65. The van der Waals surface area contributed by atoms with Crippen molar-refractivity contribution in [1.29, 1.82) is 0 Å². The molecule has 1 N–H and O–H groups in total. The lowest BCUT2D eigenvalue weighted by Gasteiger charge is -2.14. The molecule has 106 valence electrons. The molecular formula is C15H18N2O2S. The number of thiazole rings is 1. The Labute approximate surface area is 122 Å². The molecule has 0 aliphatic heterocycles. The molecule has 0 radical (unpaired) electrons. The predicted molar refractivity (Wildman–Crippen MR) is 81.1 cm³/mol. The van der Waals surface area contributed by atoms with E-state index in [-0.39, 0.29) is 5.91 Å². The summed E-state index contributed by atoms with van der Waals surface area (Å²) in [6.07, 6.45) is 0.246. The van der Waals surface area contributed by atoms with Crippen molar-refractivity contribution >= 4 is 22.4 Å². The van der Waals surface area contributed by atoms with Crippen LogP contribution < -0.4 is 5.32 Å². The molecule has 0 saturated carbocycles. The maximum atomic E-state index is 12.3. The zero-order valence-corrected chi connectivity index (χ0v) is 12.7. The number of methoxy groups -OCH3 is 1. The summed E-state index contributed by atoms with van der Waals surface area (Å²) in [6, 6.07) is 9.43. The largest absolute Gasteiger partial charge is 0.367 e. The van der Waals surface area contributed by atoms with E-state index in [4.69, 9.17) is 4.74 Å². The fourth-order valence-electron chi connectivity index (χ4n) is 2.00. The highest BCUT2D eigenvalue weighted by Crippen LogP contribution is 2.24. The Hall–Kier alpha value is -1.72. The van der Waals surface area contributed by atoms with E-state index in [1.54, 1.807) is 0 Å². The van der Waals surface area contributed by atoms with E-state index in [0.717, 1.165) is 22.6 Å². The zero-order chi connectivity index (χ0) is 14.5. The summed E-state index contributed by atoms with van der Waals surface area (Å²) < 4.78 is 5.30. The molecule has 1 atom stereocenters. The number of hydrogen-bond acceptors (Lipinski definition) is 4. The number of aryl methyl sites for hydroxylation is 2. The number of aromatic nitrogens is 1. The molecule has 1 amide bonds. The van der Waals surface area contributed by atoms with Crippen LogP contribution in [-0.4, -0.2) is 18.0 Å². The molecule has 1 unspecified atom stereocenters. The number of ether oxygens (including phenoxy) is 1. The van der Waals surface area contributed by atoms with Gasteiger partial charge in [-0.2, -0.15) is 0 Å². The monoisotopic (exact) mass is 290 g/mol. The summed E-state index contributed by atoms with van der Waals surface area (Å²) in [6.45, 7) is 4.06. The molecule has 20 heavy (non-hydrogen) atoms. The number of carbonyl (C=O) groups excluding carboxylic acids is 1. The van der Waals surface area contributed by atoms with Gasteiger partial charge in [0.25, 0.3) is 5.91 Å². The number of nitrogens with zero attached hydrogens (tertiary/aromatic N) is 1. The van der Waals surface area contributed by atoms with Crippen LogP contribution in [0.5, 0.6) is 0 Å². The van der Waals surface area contributed by atoms with Crippen molar-refractivity contribution in [3.8, 4) is 0 Å². The molecule has 2 rings (SSSR count). The van der Waals surface area contributed by atoms with E-state index in [1.165, 1.54) is 18.4 Å². The minimum Gasteiger partial charge on any atom is -0.367 e. The van der Waals surface area contributed by atoms with Gasteiger partial charge in [-0.1, -0.05) is 37.3 Å². The second kappa shape index (κ2) is 6.63. The quantitative estimate of drug-likeness (QED) is 0.919. The van der Waals surface area contributed by atoms with Crippen molar-refractivity contribution in [1.82, 2.24) is 4.98 Å². The highest BCUT2D eigenvalue weighted by Gasteiger charge is 2.21. The van der Waals surface area contributed by atoms with Gasteiger partial charge in [-0.3, -0.25) is 10.1 Å². The standard InChI is InChI=1S/C15H18N2O2S/c1-4-12-10(2)20-15(16-12)17-14(18)13(19-3)11-8-6-5-7-9-11/h5-9,13H,4H2,1-3H3,(H,16,17,18). The molecule has 0 saturated heterocycles. The van der Waals surface area contributed by atoms with Crippen LogP contribution in [0.2, 0.25) is 0 Å². The summed E-state index contributed by atoms with van der Waals surface area (Å²) in [5.74, 6) is -0.199. The van der Waals surface area contributed by atoms with Crippen molar-refractivity contribution < 1.29 is 9.53 Å². The SMILES string of the molecule is CCc1nc(NC(=O)C(OC)c2ccccc2)sc1C. The van der Waals surface area contributed by atoms with Gasteiger partial charge in [-0.05, 0) is 18.9 Å². The maximum absolute atomic E-state index is 12.3. The summed E-state index contributed by atoms with van der Waals surface area (Å²) in [4.78, 5) is 17.8. The fourth-order valence-corrected chi connectivity index (χ4v) is 2.91. The molecule has 2 aromatic rings. The van der Waals surface area contributed by atoms with Gasteiger partial charge in [0.1, 0.15) is 0 Å². The third-order valence-electron chi connectivity index (χ3n) is 3.03. The molecule has 1 aromatic heterocycles. The van der Waals surface area contributed by atoms with E-state index >= 15 is 0 Å². The average molecular weight is 290 g/mol. The number of benzene rings is 1. The third kappa shape index (κ3) is 3.23. The van der Waals surface area contributed by atoms with E-state index in [9.17, 15) is 4.79 Å². The van der Waals surface area contributed by atoms with Gasteiger partial charge < -0.3 is 4.74 Å². The second-order valence-electron chi connectivity index (χ2n) is 4.39. The third-order valence-corrected chi connectivity index (χ3v) is 3.96. The van der Waals surface area contributed by atoms with Crippen LogP contribution >= 0.6 is 11.3 Å². The van der Waals surface area contributed by atoms with Gasteiger partial charge in [0.15, 0.2) is 11.2 Å². The first-order valence-corrected chi connectivity index (χ1v) is 7.32. The van der Waals surface area contributed by atoms with Gasteiger partial charge >= 0.3 is 0 Å². The molecule has 1 aromatic carbocycles. The number of nitrogens with one attached hydrogen (secondary N) is 1. The van der Waals surface area contributed by atoms with E-state index in [0.29, 0.717) is 5.13 Å². The van der Waals surface area contributed by atoms with Gasteiger partial charge in [-0.15, -0.1) is 11.3 Å². The van der Waals surface area contributed by atoms with Crippen LogP contribution in [0.1, 0.15) is 29.2 Å². The maximum Gasteiger partial charge on any atom is 0.259 e. The van der Waals surface area contributed by atoms with Crippen LogP contribution in [0.15, 0.2) is 30.3 Å². The molecule has 0 fully saturated rings. The highest BCUT2D eigenvalue weighted by molar-refractivity contribution is 7.15. The van der Waals surface area contributed by atoms with Crippen molar-refractivity contribution in [2.75, 3.05) is 12.4 Å². The van der Waals surface area contributed by atoms with E-state index in [2.05, 4.69) is 17.2 Å². The molecule has 1 heterocycles. The summed E-state index contributed by atoms with van der Waals surface area (Å²) in [5.41, 5.74) is 1.86. The highest BCUT2D eigenvalue weighted by atomic mass is 32.1. The van der Waals surface area contributed by atoms with Crippen LogP contribution in [-0.2, 0) is 16.0 Å². The number of hydrogen-bond donors (Lipinski definition) is 1. The summed E-state index contributed by atoms with van der Waals surface area (Å²) in [5, 5.41) is 3.46. The molecule has 5 heteroatoms. The Morgan fingerprint density at radius 3 is 2.65 bits per heavy atom. The Morgan fingerprint density at radius 1 is 1.40 bits per heavy atom. The van der Waals surface area contributed by atoms with Crippen LogP contribution in [0, 0.1) is 6.92 Å². The lowest BCUT2D eigenvalue weighted by Crippen LogP contribution is -2.22. The van der Waals surface area contributed by atoms with Gasteiger partial charge in [0.2, 0.25) is 0 Å². The van der Waals surface area contributed by atoms with Crippen molar-refractivity contribution in [3.63, 3.8) is 0 Å². The predicted octanol–water partition coefficient (Wildman–Crippen LogP) is 3.34. The fraction of sp³-hybridized carbons (Fsp3) is 0.333. The van der Waals surface area contributed by atoms with Gasteiger partial charge in [0, 0.05) is 12.0 Å². The lowest BCUT2D eigenvalue weighted by atomic mass is 10.1.